The molecule has 8 aromatic rings. The summed E-state index contributed by atoms with van der Waals surface area (Å²) in [6.07, 6.45) is 8.45. The summed E-state index contributed by atoms with van der Waals surface area (Å²) in [5.74, 6) is 9.59. The summed E-state index contributed by atoms with van der Waals surface area (Å²) in [6.45, 7) is 13.0. The molecule has 4 aromatic heterocycles. The first kappa shape index (κ1) is 56.9. The predicted molar refractivity (Wildman–Crippen MR) is 307 cm³/mol. The molecule has 21 heteroatoms. The van der Waals surface area contributed by atoms with Crippen LogP contribution in [0.4, 0.5) is 21.2 Å². The van der Waals surface area contributed by atoms with Gasteiger partial charge in [-0.15, -0.1) is 6.42 Å². The molecule has 2 aliphatic rings. The van der Waals surface area contributed by atoms with Crippen LogP contribution in [0.1, 0.15) is 71.2 Å². The zero-order chi connectivity index (χ0) is 56.5. The lowest BCUT2D eigenvalue weighted by Crippen LogP contribution is -2.36. The molecule has 0 bridgehead atoms. The molecule has 0 spiro atoms. The van der Waals surface area contributed by atoms with Gasteiger partial charge in [0.05, 0.1) is 20.6 Å². The van der Waals surface area contributed by atoms with E-state index in [0.717, 1.165) is 21.5 Å². The standard InChI is InChI=1S/C29H29N5O4S.C21H24BrN5O4S.C8H6/c1-29(2,3)38-28(35)33-17-16-22(19-33)32-26-25-18-23(15-14-21-10-6-4-7-11-21)34(27(25)31-20-30-26)39(36,37)24-12-8-5-9-13-24;1-21(2,3)31-20(28)26-10-9-14(12-26)25-18-16-11-17(22)27(19(16)24-13-23-18)32(29,30)15-7-5-4-6-8-15;1-2-8-6-4-3-5-7-8/h4-13,18,20,22H,16-17,19H2,1-3H3,(H,30,31,32);4-8,11,13-14H,9-10,12H2,1-3H3,(H,23,24,25);1,3-7H/t22-;14-;/m11./s1. The van der Waals surface area contributed by atoms with Crippen LogP contribution in [0.2, 0.25) is 0 Å². The minimum absolute atomic E-state index is 0.0477. The van der Waals surface area contributed by atoms with Gasteiger partial charge < -0.3 is 29.9 Å². The second kappa shape index (κ2) is 24.2. The molecule has 2 saturated heterocycles. The third-order valence-corrected chi connectivity index (χ3v) is 16.3. The SMILES string of the molecule is C#Cc1ccccc1.CC(C)(C)OC(=O)N1CC[C@@H](Nc2ncnc3c2cc(Br)n3S(=O)(=O)c2ccccc2)C1.CC(C)(C)OC(=O)N1CC[C@@H](Nc2ncnc3c2cc(C#Cc2ccccc2)n3S(=O)(=O)c2ccccc2)C1. The molecule has 0 aliphatic carbocycles. The fourth-order valence-electron chi connectivity index (χ4n) is 8.45. The molecule has 408 valence electrons. The van der Waals surface area contributed by atoms with Crippen molar-refractivity contribution in [2.24, 2.45) is 0 Å². The number of carbonyl (C=O) groups excluding carboxylic acids is 2. The van der Waals surface area contributed by atoms with Crippen molar-refractivity contribution >= 4 is 81.9 Å². The van der Waals surface area contributed by atoms with Crippen molar-refractivity contribution in [2.75, 3.05) is 36.8 Å². The van der Waals surface area contributed by atoms with Crippen molar-refractivity contribution in [1.29, 1.82) is 0 Å². The van der Waals surface area contributed by atoms with Gasteiger partial charge in [0, 0.05) is 49.4 Å². The Morgan fingerprint density at radius 2 is 0.987 bits per heavy atom. The van der Waals surface area contributed by atoms with Crippen molar-refractivity contribution in [3.8, 4) is 24.2 Å². The minimum Gasteiger partial charge on any atom is -0.444 e. The van der Waals surface area contributed by atoms with E-state index in [2.05, 4.69) is 64.3 Å². The van der Waals surface area contributed by atoms with E-state index in [1.54, 1.807) is 70.5 Å². The largest absolute Gasteiger partial charge is 0.444 e. The maximum absolute atomic E-state index is 13.8. The number of aromatic nitrogens is 6. The highest BCUT2D eigenvalue weighted by Gasteiger charge is 2.33. The number of likely N-dealkylation sites (tertiary alicyclic amines) is 2. The normalized spacial score (nSPS) is 15.4. The Kier molecular flexibility index (Phi) is 17.4. The zero-order valence-electron chi connectivity index (χ0n) is 44.4. The van der Waals surface area contributed by atoms with Gasteiger partial charge in [0.2, 0.25) is 0 Å². The van der Waals surface area contributed by atoms with Crippen molar-refractivity contribution < 1.29 is 35.9 Å². The van der Waals surface area contributed by atoms with E-state index in [0.29, 0.717) is 59.6 Å². The van der Waals surface area contributed by atoms with Gasteiger partial charge in [0.25, 0.3) is 20.0 Å². The number of ether oxygens (including phenoxy) is 2. The number of nitrogens with one attached hydrogen (secondary N) is 2. The van der Waals surface area contributed by atoms with E-state index in [-0.39, 0.29) is 51.0 Å². The maximum atomic E-state index is 13.8. The number of benzene rings is 4. The van der Waals surface area contributed by atoms with Crippen molar-refractivity contribution in [1.82, 2.24) is 37.7 Å². The molecular weight excluding hydrogens is 1110 g/mol. The average Bonchev–Trinajstić information content (AvgIpc) is 4.39. The molecule has 2 atom stereocenters. The van der Waals surface area contributed by atoms with Crippen LogP contribution in [0.25, 0.3) is 22.1 Å². The molecule has 10 rings (SSSR count). The van der Waals surface area contributed by atoms with Crippen molar-refractivity contribution in [3.05, 3.63) is 168 Å². The Balaban J connectivity index is 0.000000185. The minimum atomic E-state index is -4.01. The summed E-state index contributed by atoms with van der Waals surface area (Å²) in [7, 11) is -7.86. The highest BCUT2D eigenvalue weighted by atomic mass is 79.9. The molecule has 0 radical (unpaired) electrons. The van der Waals surface area contributed by atoms with Crippen LogP contribution in [0, 0.1) is 24.2 Å². The number of hydrogen-bond donors (Lipinski definition) is 2. The number of amides is 2. The summed E-state index contributed by atoms with van der Waals surface area (Å²) in [6, 6.07) is 38.5. The Bertz CT molecular complexity index is 3800. The first-order chi connectivity index (χ1) is 37.6. The second-order valence-electron chi connectivity index (χ2n) is 20.3. The quantitative estimate of drug-likeness (QED) is 0.136. The molecule has 79 heavy (non-hydrogen) atoms. The highest BCUT2D eigenvalue weighted by Crippen LogP contribution is 2.33. The summed E-state index contributed by atoms with van der Waals surface area (Å²) in [5.41, 5.74) is 1.31. The number of rotatable bonds is 8. The number of fused-ring (bicyclic) bond motifs is 2. The first-order valence-corrected chi connectivity index (χ1v) is 28.9. The van der Waals surface area contributed by atoms with E-state index >= 15 is 0 Å². The number of carbonyl (C=O) groups is 2. The smallest absolute Gasteiger partial charge is 0.410 e. The third kappa shape index (κ3) is 14.1. The van der Waals surface area contributed by atoms with Gasteiger partial charge in [0.1, 0.15) is 45.8 Å². The monoisotopic (exact) mass is 1170 g/mol. The van der Waals surface area contributed by atoms with E-state index in [1.807, 2.05) is 102 Å². The third-order valence-electron chi connectivity index (χ3n) is 12.0. The molecular formula is C58H59BrN10O8S2. The number of nitrogens with zero attached hydrogens (tertiary/aromatic N) is 8. The van der Waals surface area contributed by atoms with Gasteiger partial charge in [-0.3, -0.25) is 0 Å². The van der Waals surface area contributed by atoms with Crippen LogP contribution in [0.15, 0.2) is 161 Å². The van der Waals surface area contributed by atoms with Gasteiger partial charge in [-0.25, -0.2) is 54.3 Å². The molecule has 0 saturated carbocycles. The van der Waals surface area contributed by atoms with Crippen LogP contribution in [0.3, 0.4) is 0 Å². The molecule has 2 amide bonds. The van der Waals surface area contributed by atoms with Crippen molar-refractivity contribution in [2.45, 2.75) is 87.5 Å². The summed E-state index contributed by atoms with van der Waals surface area (Å²) in [4.78, 5) is 45.8. The topological polar surface area (TPSA) is 213 Å². The lowest BCUT2D eigenvalue weighted by atomic mass is 10.2. The molecule has 2 fully saturated rings. The zero-order valence-corrected chi connectivity index (χ0v) is 47.6. The molecule has 2 aliphatic heterocycles. The Labute approximate surface area is 468 Å². The Morgan fingerprint density at radius 3 is 1.42 bits per heavy atom. The average molecular weight is 1170 g/mol. The molecule has 0 unspecified atom stereocenters. The number of anilines is 2. The Hall–Kier alpha value is -8.24. The fraction of sp³-hybridized carbons (Fsp3) is 0.276. The van der Waals surface area contributed by atoms with Gasteiger partial charge in [-0.1, -0.05) is 84.6 Å². The van der Waals surface area contributed by atoms with E-state index in [4.69, 9.17) is 15.9 Å². The molecule has 2 N–H and O–H groups in total. The van der Waals surface area contributed by atoms with Gasteiger partial charge in [-0.05, 0) is 137 Å². The number of halogens is 1. The van der Waals surface area contributed by atoms with Gasteiger partial charge >= 0.3 is 12.2 Å². The molecule has 18 nitrogen and oxygen atoms in total. The molecule has 4 aromatic carbocycles. The fourth-order valence-corrected chi connectivity index (χ4v) is 12.2. The van der Waals surface area contributed by atoms with Crippen LogP contribution in [-0.4, -0.2) is 116 Å². The number of hydrogen-bond acceptors (Lipinski definition) is 14. The van der Waals surface area contributed by atoms with Gasteiger partial charge in [0.15, 0.2) is 11.3 Å². The van der Waals surface area contributed by atoms with Crippen LogP contribution < -0.4 is 10.6 Å². The lowest BCUT2D eigenvalue weighted by Gasteiger charge is -2.24. The van der Waals surface area contributed by atoms with Crippen LogP contribution in [0.5, 0.6) is 0 Å². The van der Waals surface area contributed by atoms with E-state index in [1.165, 1.54) is 28.8 Å². The lowest BCUT2D eigenvalue weighted by molar-refractivity contribution is 0.0283. The second-order valence-corrected chi connectivity index (χ2v) is 24.7. The summed E-state index contributed by atoms with van der Waals surface area (Å²) in [5, 5.41) is 7.80. The Morgan fingerprint density at radius 1 is 0.582 bits per heavy atom. The van der Waals surface area contributed by atoms with E-state index in [9.17, 15) is 26.4 Å². The van der Waals surface area contributed by atoms with E-state index < -0.39 is 31.2 Å². The van der Waals surface area contributed by atoms with Crippen molar-refractivity contribution in [3.63, 3.8) is 0 Å². The van der Waals surface area contributed by atoms with Crippen LogP contribution >= 0.6 is 15.9 Å². The predicted octanol–water partition coefficient (Wildman–Crippen LogP) is 10.0. The van der Waals surface area contributed by atoms with Gasteiger partial charge in [-0.2, -0.15) is 0 Å². The van der Waals surface area contributed by atoms with Crippen LogP contribution in [-0.2, 0) is 29.5 Å². The summed E-state index contributed by atoms with van der Waals surface area (Å²) < 4.78 is 67.6. The highest BCUT2D eigenvalue weighted by molar-refractivity contribution is 9.10. The number of terminal acetylenes is 1. The maximum Gasteiger partial charge on any atom is 0.410 e. The molecule has 6 heterocycles. The summed E-state index contributed by atoms with van der Waals surface area (Å²) >= 11 is 3.36. The first-order valence-electron chi connectivity index (χ1n) is 25.2.